The van der Waals surface area contributed by atoms with Crippen LogP contribution in [0.25, 0.3) is 0 Å². The second kappa shape index (κ2) is 5.27. The highest BCUT2D eigenvalue weighted by Gasteiger charge is 2.38. The van der Waals surface area contributed by atoms with E-state index in [-0.39, 0.29) is 5.54 Å². The largest absolute Gasteiger partial charge is 0.311 e. The van der Waals surface area contributed by atoms with Gasteiger partial charge in [0.15, 0.2) is 0 Å². The molecule has 1 saturated heterocycles. The van der Waals surface area contributed by atoms with Crippen LogP contribution in [0, 0.1) is 11.8 Å². The number of nitrogens with one attached hydrogen (secondary N) is 1. The van der Waals surface area contributed by atoms with Gasteiger partial charge in [-0.2, -0.15) is 0 Å². The molecule has 1 N–H and O–H groups in total. The minimum atomic E-state index is 0.253. The Balaban J connectivity index is 1.83. The van der Waals surface area contributed by atoms with E-state index in [1.54, 1.807) is 0 Å². The van der Waals surface area contributed by atoms with Crippen LogP contribution in [0.4, 0.5) is 0 Å². The third kappa shape index (κ3) is 3.45. The van der Waals surface area contributed by atoms with Crippen LogP contribution in [0.15, 0.2) is 0 Å². The third-order valence-electron chi connectivity index (χ3n) is 4.61. The zero-order valence-electron chi connectivity index (χ0n) is 12.1. The molecule has 2 rings (SSSR count). The number of nitrogens with zero attached hydrogens (tertiary/aromatic N) is 1. The van der Waals surface area contributed by atoms with Crippen LogP contribution in [0.3, 0.4) is 0 Å². The maximum Gasteiger partial charge on any atom is 0.0218 e. The van der Waals surface area contributed by atoms with E-state index in [1.807, 2.05) is 0 Å². The van der Waals surface area contributed by atoms with Crippen molar-refractivity contribution in [1.29, 1.82) is 0 Å². The van der Waals surface area contributed by atoms with Crippen LogP contribution in [-0.4, -0.2) is 36.1 Å². The first kappa shape index (κ1) is 13.4. The van der Waals surface area contributed by atoms with Gasteiger partial charge < -0.3 is 5.32 Å². The van der Waals surface area contributed by atoms with E-state index in [0.717, 1.165) is 24.4 Å². The summed E-state index contributed by atoms with van der Waals surface area (Å²) in [7, 11) is 0. The second-order valence-electron chi connectivity index (χ2n) is 7.10. The van der Waals surface area contributed by atoms with Crippen LogP contribution in [0.1, 0.15) is 53.4 Å². The van der Waals surface area contributed by atoms with E-state index in [0.29, 0.717) is 0 Å². The summed E-state index contributed by atoms with van der Waals surface area (Å²) in [5.74, 6) is 2.05. The lowest BCUT2D eigenvalue weighted by atomic mass is 10.0. The molecule has 2 nitrogen and oxygen atoms in total. The van der Waals surface area contributed by atoms with Crippen molar-refractivity contribution in [3.8, 4) is 0 Å². The summed E-state index contributed by atoms with van der Waals surface area (Å²) in [4.78, 5) is 2.76. The Morgan fingerprint density at radius 2 is 1.76 bits per heavy atom. The molecule has 0 amide bonds. The fraction of sp³-hybridized carbons (Fsp3) is 1.00. The van der Waals surface area contributed by atoms with E-state index in [2.05, 4.69) is 37.9 Å². The summed E-state index contributed by atoms with van der Waals surface area (Å²) >= 11 is 0. The third-order valence-corrected chi connectivity index (χ3v) is 4.61. The number of likely N-dealkylation sites (tertiary alicyclic amines) is 1. The van der Waals surface area contributed by atoms with E-state index < -0.39 is 0 Å². The maximum atomic E-state index is 3.67. The number of hydrogen-bond donors (Lipinski definition) is 1. The molecular formula is C15H30N2. The van der Waals surface area contributed by atoms with Crippen LogP contribution in [0.5, 0.6) is 0 Å². The van der Waals surface area contributed by atoms with Gasteiger partial charge in [-0.05, 0) is 51.9 Å². The van der Waals surface area contributed by atoms with Crippen molar-refractivity contribution in [2.24, 2.45) is 11.8 Å². The van der Waals surface area contributed by atoms with E-state index >= 15 is 0 Å². The van der Waals surface area contributed by atoms with Gasteiger partial charge in [0.2, 0.25) is 0 Å². The summed E-state index contributed by atoms with van der Waals surface area (Å²) in [6, 6.07) is 0.750. The standard InChI is InChI=1S/C15H30N2/c1-5-14(9-16-15(2,3)4)17-10-12-7-6-8-13(12)11-17/h12-14,16H,5-11H2,1-4H3. The van der Waals surface area contributed by atoms with E-state index in [1.165, 1.54) is 38.8 Å². The Bertz CT molecular complexity index is 232. The lowest BCUT2D eigenvalue weighted by Gasteiger charge is -2.31. The van der Waals surface area contributed by atoms with Crippen molar-refractivity contribution in [2.75, 3.05) is 19.6 Å². The monoisotopic (exact) mass is 238 g/mol. The highest BCUT2D eigenvalue weighted by molar-refractivity contribution is 4.92. The van der Waals surface area contributed by atoms with Crippen LogP contribution < -0.4 is 5.32 Å². The summed E-state index contributed by atoms with van der Waals surface area (Å²) in [6.07, 6.45) is 5.75. The van der Waals surface area contributed by atoms with Gasteiger partial charge in [0.1, 0.15) is 0 Å². The number of rotatable bonds is 4. The molecule has 1 aliphatic carbocycles. The van der Waals surface area contributed by atoms with Gasteiger partial charge in [-0.15, -0.1) is 0 Å². The van der Waals surface area contributed by atoms with Gasteiger partial charge in [-0.25, -0.2) is 0 Å². The average molecular weight is 238 g/mol. The topological polar surface area (TPSA) is 15.3 Å². The van der Waals surface area contributed by atoms with E-state index in [9.17, 15) is 0 Å². The Kier molecular flexibility index (Phi) is 4.14. The van der Waals surface area contributed by atoms with Gasteiger partial charge in [0.25, 0.3) is 0 Å². The van der Waals surface area contributed by atoms with Crippen molar-refractivity contribution in [3.05, 3.63) is 0 Å². The molecule has 3 unspecified atom stereocenters. The van der Waals surface area contributed by atoms with Crippen molar-refractivity contribution >= 4 is 0 Å². The van der Waals surface area contributed by atoms with Crippen LogP contribution in [0.2, 0.25) is 0 Å². The predicted molar refractivity (Wildman–Crippen MR) is 74.2 cm³/mol. The SMILES string of the molecule is CCC(CNC(C)(C)C)N1CC2CCCC2C1. The highest BCUT2D eigenvalue weighted by Crippen LogP contribution is 2.38. The molecule has 100 valence electrons. The number of hydrogen-bond acceptors (Lipinski definition) is 2. The summed E-state index contributed by atoms with van der Waals surface area (Å²) in [5, 5.41) is 3.67. The smallest absolute Gasteiger partial charge is 0.0218 e. The Morgan fingerprint density at radius 1 is 1.18 bits per heavy atom. The molecule has 1 saturated carbocycles. The summed E-state index contributed by atoms with van der Waals surface area (Å²) in [6.45, 7) is 13.0. The first-order chi connectivity index (χ1) is 7.99. The van der Waals surface area contributed by atoms with Gasteiger partial charge in [-0.1, -0.05) is 13.3 Å². The van der Waals surface area contributed by atoms with Gasteiger partial charge in [0, 0.05) is 31.2 Å². The molecule has 0 aromatic carbocycles. The molecule has 0 bridgehead atoms. The van der Waals surface area contributed by atoms with Gasteiger partial charge in [-0.3, -0.25) is 4.90 Å². The average Bonchev–Trinajstić information content (AvgIpc) is 2.76. The van der Waals surface area contributed by atoms with E-state index in [4.69, 9.17) is 0 Å². The van der Waals surface area contributed by atoms with Gasteiger partial charge >= 0.3 is 0 Å². The van der Waals surface area contributed by atoms with Crippen LogP contribution in [-0.2, 0) is 0 Å². The lowest BCUT2D eigenvalue weighted by molar-refractivity contribution is 0.201. The molecular weight excluding hydrogens is 208 g/mol. The molecule has 2 fully saturated rings. The quantitative estimate of drug-likeness (QED) is 0.810. The Hall–Kier alpha value is -0.0800. The lowest BCUT2D eigenvalue weighted by Crippen LogP contribution is -2.47. The molecule has 2 heteroatoms. The molecule has 0 radical (unpaired) electrons. The summed E-state index contributed by atoms with van der Waals surface area (Å²) in [5.41, 5.74) is 0.253. The minimum Gasteiger partial charge on any atom is -0.311 e. The van der Waals surface area contributed by atoms with Crippen molar-refractivity contribution in [3.63, 3.8) is 0 Å². The molecule has 3 atom stereocenters. The molecule has 1 aliphatic heterocycles. The van der Waals surface area contributed by atoms with Crippen molar-refractivity contribution < 1.29 is 0 Å². The fourth-order valence-electron chi connectivity index (χ4n) is 3.53. The van der Waals surface area contributed by atoms with Crippen molar-refractivity contribution in [2.45, 2.75) is 65.0 Å². The summed E-state index contributed by atoms with van der Waals surface area (Å²) < 4.78 is 0. The molecule has 1 heterocycles. The molecule has 0 spiro atoms. The second-order valence-corrected chi connectivity index (χ2v) is 7.10. The minimum absolute atomic E-state index is 0.253. The Labute approximate surface area is 107 Å². The van der Waals surface area contributed by atoms with Crippen LogP contribution >= 0.6 is 0 Å². The zero-order valence-corrected chi connectivity index (χ0v) is 12.1. The molecule has 0 aromatic rings. The predicted octanol–water partition coefficient (Wildman–Crippen LogP) is 2.89. The van der Waals surface area contributed by atoms with Crippen molar-refractivity contribution in [1.82, 2.24) is 10.2 Å². The first-order valence-corrected chi connectivity index (χ1v) is 7.48. The Morgan fingerprint density at radius 3 is 2.24 bits per heavy atom. The first-order valence-electron chi connectivity index (χ1n) is 7.48. The normalized spacial score (nSPS) is 31.8. The maximum absolute atomic E-state index is 3.67. The molecule has 2 aliphatic rings. The highest BCUT2D eigenvalue weighted by atomic mass is 15.2. The molecule has 17 heavy (non-hydrogen) atoms. The fourth-order valence-corrected chi connectivity index (χ4v) is 3.53. The number of fused-ring (bicyclic) bond motifs is 1. The van der Waals surface area contributed by atoms with Gasteiger partial charge in [0.05, 0.1) is 0 Å². The molecule has 0 aromatic heterocycles. The zero-order chi connectivity index (χ0) is 12.5.